The SMILES string of the molecule is NCc1ccc2c(c1F)NC(=O)CN2. The van der Waals surface area contributed by atoms with Crippen molar-refractivity contribution in [3.63, 3.8) is 0 Å². The zero-order valence-corrected chi connectivity index (χ0v) is 7.43. The maximum Gasteiger partial charge on any atom is 0.243 e. The van der Waals surface area contributed by atoms with E-state index in [0.717, 1.165) is 0 Å². The Labute approximate surface area is 80.3 Å². The number of rotatable bonds is 1. The molecule has 14 heavy (non-hydrogen) atoms. The molecule has 74 valence electrons. The minimum absolute atomic E-state index is 0.120. The minimum atomic E-state index is -0.453. The summed E-state index contributed by atoms with van der Waals surface area (Å²) in [5.74, 6) is -0.698. The van der Waals surface area contributed by atoms with Crippen LogP contribution in [0, 0.1) is 5.82 Å². The number of benzene rings is 1. The van der Waals surface area contributed by atoms with Gasteiger partial charge in [0.2, 0.25) is 5.91 Å². The molecule has 0 spiro atoms. The summed E-state index contributed by atoms with van der Waals surface area (Å²) >= 11 is 0. The maximum atomic E-state index is 13.6. The number of amides is 1. The van der Waals surface area contributed by atoms with Crippen LogP contribution in [0.25, 0.3) is 0 Å². The third kappa shape index (κ3) is 1.31. The van der Waals surface area contributed by atoms with E-state index in [9.17, 15) is 9.18 Å². The highest BCUT2D eigenvalue weighted by Gasteiger charge is 2.19. The van der Waals surface area contributed by atoms with Crippen LogP contribution in [0.3, 0.4) is 0 Å². The lowest BCUT2D eigenvalue weighted by atomic mass is 10.1. The van der Waals surface area contributed by atoms with E-state index in [2.05, 4.69) is 10.6 Å². The molecule has 4 nitrogen and oxygen atoms in total. The summed E-state index contributed by atoms with van der Waals surface area (Å²) in [5.41, 5.74) is 6.54. The maximum absolute atomic E-state index is 13.6. The molecule has 2 rings (SSSR count). The fraction of sp³-hybridized carbons (Fsp3) is 0.222. The molecule has 0 saturated carbocycles. The van der Waals surface area contributed by atoms with Gasteiger partial charge in [0, 0.05) is 12.1 Å². The first kappa shape index (κ1) is 8.96. The molecule has 0 unspecified atom stereocenters. The average molecular weight is 195 g/mol. The molecule has 0 atom stereocenters. The number of nitrogens with one attached hydrogen (secondary N) is 2. The Kier molecular flexibility index (Phi) is 2.09. The Bertz CT molecular complexity index is 392. The molecule has 1 aliphatic rings. The largest absolute Gasteiger partial charge is 0.374 e. The molecule has 1 aromatic rings. The third-order valence-corrected chi connectivity index (χ3v) is 2.15. The van der Waals surface area contributed by atoms with Crippen molar-refractivity contribution in [2.75, 3.05) is 17.2 Å². The Morgan fingerprint density at radius 2 is 2.29 bits per heavy atom. The molecule has 0 radical (unpaired) electrons. The Balaban J connectivity index is 2.50. The van der Waals surface area contributed by atoms with Gasteiger partial charge in [-0.05, 0) is 6.07 Å². The van der Waals surface area contributed by atoms with E-state index in [0.29, 0.717) is 11.3 Å². The second-order valence-electron chi connectivity index (χ2n) is 3.07. The summed E-state index contributed by atoms with van der Waals surface area (Å²) in [6.07, 6.45) is 0. The van der Waals surface area contributed by atoms with Crippen LogP contribution in [0.5, 0.6) is 0 Å². The summed E-state index contributed by atoms with van der Waals surface area (Å²) in [6, 6.07) is 3.32. The molecular weight excluding hydrogens is 185 g/mol. The van der Waals surface area contributed by atoms with Crippen molar-refractivity contribution in [1.82, 2.24) is 0 Å². The minimum Gasteiger partial charge on any atom is -0.374 e. The van der Waals surface area contributed by atoms with E-state index >= 15 is 0 Å². The van der Waals surface area contributed by atoms with E-state index in [-0.39, 0.29) is 24.7 Å². The average Bonchev–Trinajstić information content (AvgIpc) is 2.20. The van der Waals surface area contributed by atoms with E-state index in [1.54, 1.807) is 12.1 Å². The predicted molar refractivity (Wildman–Crippen MR) is 51.4 cm³/mol. The fourth-order valence-corrected chi connectivity index (χ4v) is 1.41. The number of nitrogens with two attached hydrogens (primary N) is 1. The predicted octanol–water partition coefficient (Wildman–Crippen LogP) is 0.648. The molecule has 0 bridgehead atoms. The number of anilines is 2. The molecule has 1 heterocycles. The lowest BCUT2D eigenvalue weighted by Crippen LogP contribution is -2.28. The third-order valence-electron chi connectivity index (χ3n) is 2.15. The lowest BCUT2D eigenvalue weighted by molar-refractivity contribution is -0.114. The summed E-state index contributed by atoms with van der Waals surface area (Å²) in [5, 5.41) is 5.28. The van der Waals surface area contributed by atoms with Crippen LogP contribution in [0.4, 0.5) is 15.8 Å². The normalized spacial score (nSPS) is 14.3. The molecule has 5 heteroatoms. The highest BCUT2D eigenvalue weighted by atomic mass is 19.1. The van der Waals surface area contributed by atoms with Gasteiger partial charge in [-0.15, -0.1) is 0 Å². The summed E-state index contributed by atoms with van der Waals surface area (Å²) in [4.78, 5) is 11.0. The van der Waals surface area contributed by atoms with E-state index < -0.39 is 5.82 Å². The lowest BCUT2D eigenvalue weighted by Gasteiger charge is -2.20. The number of hydrogen-bond donors (Lipinski definition) is 3. The second kappa shape index (κ2) is 3.26. The smallest absolute Gasteiger partial charge is 0.243 e. The van der Waals surface area contributed by atoms with Crippen LogP contribution in [-0.2, 0) is 11.3 Å². The van der Waals surface area contributed by atoms with Crippen LogP contribution in [0.15, 0.2) is 12.1 Å². The van der Waals surface area contributed by atoms with E-state index in [1.165, 1.54) is 0 Å². The van der Waals surface area contributed by atoms with Gasteiger partial charge >= 0.3 is 0 Å². The fourth-order valence-electron chi connectivity index (χ4n) is 1.41. The Morgan fingerprint density at radius 1 is 1.50 bits per heavy atom. The first-order chi connectivity index (χ1) is 6.72. The van der Waals surface area contributed by atoms with Gasteiger partial charge in [0.15, 0.2) is 5.82 Å². The van der Waals surface area contributed by atoms with Gasteiger partial charge < -0.3 is 16.4 Å². The van der Waals surface area contributed by atoms with Gasteiger partial charge in [-0.2, -0.15) is 0 Å². The highest BCUT2D eigenvalue weighted by Crippen LogP contribution is 2.29. The quantitative estimate of drug-likeness (QED) is 0.616. The van der Waals surface area contributed by atoms with Crippen LogP contribution in [-0.4, -0.2) is 12.5 Å². The topological polar surface area (TPSA) is 67.1 Å². The van der Waals surface area contributed by atoms with Crippen molar-refractivity contribution in [3.8, 4) is 0 Å². The van der Waals surface area contributed by atoms with E-state index in [1.807, 2.05) is 0 Å². The molecule has 0 aromatic heterocycles. The van der Waals surface area contributed by atoms with Gasteiger partial charge in [0.25, 0.3) is 0 Å². The van der Waals surface area contributed by atoms with Gasteiger partial charge in [0.1, 0.15) is 5.69 Å². The number of carbonyl (C=O) groups is 1. The second-order valence-corrected chi connectivity index (χ2v) is 3.07. The molecule has 4 N–H and O–H groups in total. The zero-order chi connectivity index (χ0) is 10.1. The number of hydrogen-bond acceptors (Lipinski definition) is 3. The molecule has 1 aromatic carbocycles. The monoisotopic (exact) mass is 195 g/mol. The molecule has 0 saturated heterocycles. The van der Waals surface area contributed by atoms with Gasteiger partial charge in [0.05, 0.1) is 12.2 Å². The van der Waals surface area contributed by atoms with Gasteiger partial charge in [-0.1, -0.05) is 6.07 Å². The van der Waals surface area contributed by atoms with E-state index in [4.69, 9.17) is 5.73 Å². The molecule has 1 amide bonds. The standard InChI is InChI=1S/C9H10FN3O/c10-8-5(3-11)1-2-6-9(8)13-7(14)4-12-6/h1-2,12H,3-4,11H2,(H,13,14). The van der Waals surface area contributed by atoms with Crippen LogP contribution < -0.4 is 16.4 Å². The Morgan fingerprint density at radius 3 is 3.00 bits per heavy atom. The van der Waals surface area contributed by atoms with Gasteiger partial charge in [-0.3, -0.25) is 4.79 Å². The van der Waals surface area contributed by atoms with Crippen molar-refractivity contribution >= 4 is 17.3 Å². The summed E-state index contributed by atoms with van der Waals surface area (Å²) in [6.45, 7) is 0.295. The first-order valence-corrected chi connectivity index (χ1v) is 4.27. The van der Waals surface area contributed by atoms with Crippen molar-refractivity contribution in [3.05, 3.63) is 23.5 Å². The summed E-state index contributed by atoms with van der Waals surface area (Å²) in [7, 11) is 0. The van der Waals surface area contributed by atoms with Crippen LogP contribution >= 0.6 is 0 Å². The summed E-state index contributed by atoms with van der Waals surface area (Å²) < 4.78 is 13.6. The first-order valence-electron chi connectivity index (χ1n) is 4.27. The highest BCUT2D eigenvalue weighted by molar-refractivity contribution is 6.00. The molecule has 1 aliphatic heterocycles. The van der Waals surface area contributed by atoms with Crippen molar-refractivity contribution in [1.29, 1.82) is 0 Å². The van der Waals surface area contributed by atoms with Crippen molar-refractivity contribution in [2.45, 2.75) is 6.54 Å². The zero-order valence-electron chi connectivity index (χ0n) is 7.43. The van der Waals surface area contributed by atoms with Gasteiger partial charge in [-0.25, -0.2) is 4.39 Å². The molecular formula is C9H10FN3O. The van der Waals surface area contributed by atoms with Crippen LogP contribution in [0.1, 0.15) is 5.56 Å². The number of halogens is 1. The number of carbonyl (C=O) groups excluding carboxylic acids is 1. The van der Waals surface area contributed by atoms with Crippen molar-refractivity contribution < 1.29 is 9.18 Å². The Hall–Kier alpha value is -1.62. The van der Waals surface area contributed by atoms with Crippen molar-refractivity contribution in [2.24, 2.45) is 5.73 Å². The number of fused-ring (bicyclic) bond motifs is 1. The molecule has 0 aliphatic carbocycles. The van der Waals surface area contributed by atoms with Crippen LogP contribution in [0.2, 0.25) is 0 Å². The molecule has 0 fully saturated rings.